The molecule has 2 rings (SSSR count). The third-order valence-electron chi connectivity index (χ3n) is 4.16. The van der Waals surface area contributed by atoms with Gasteiger partial charge in [0.05, 0.1) is 0 Å². The van der Waals surface area contributed by atoms with E-state index in [9.17, 15) is 9.59 Å². The predicted molar refractivity (Wildman–Crippen MR) is 80.0 cm³/mol. The summed E-state index contributed by atoms with van der Waals surface area (Å²) in [5, 5.41) is 0. The van der Waals surface area contributed by atoms with Crippen LogP contribution in [0.15, 0.2) is 18.3 Å². The fraction of sp³-hybridized carbons (Fsp3) is 0.625. The van der Waals surface area contributed by atoms with Gasteiger partial charge in [-0.1, -0.05) is 19.3 Å². The summed E-state index contributed by atoms with van der Waals surface area (Å²) in [6, 6.07) is 3.77. The first kappa shape index (κ1) is 15.6. The fourth-order valence-corrected chi connectivity index (χ4v) is 2.99. The van der Waals surface area contributed by atoms with Crippen LogP contribution < -0.4 is 0 Å². The maximum Gasteiger partial charge on any atom is 0.355 e. The van der Waals surface area contributed by atoms with Gasteiger partial charge in [-0.05, 0) is 31.9 Å². The van der Waals surface area contributed by atoms with E-state index in [0.29, 0.717) is 18.3 Å². The first-order valence-corrected chi connectivity index (χ1v) is 7.71. The van der Waals surface area contributed by atoms with Crippen molar-refractivity contribution in [3.8, 4) is 0 Å². The number of hydrogen-bond donors (Lipinski definition) is 0. The largest absolute Gasteiger partial charge is 0.451 e. The van der Waals surface area contributed by atoms with Gasteiger partial charge in [-0.2, -0.15) is 0 Å². The molecule has 1 aromatic rings. The Morgan fingerprint density at radius 1 is 1.33 bits per heavy atom. The van der Waals surface area contributed by atoms with Crippen molar-refractivity contribution < 1.29 is 14.3 Å². The Labute approximate surface area is 125 Å². The van der Waals surface area contributed by atoms with Gasteiger partial charge in [0.1, 0.15) is 5.69 Å². The molecule has 0 saturated heterocycles. The molecule has 1 fully saturated rings. The second-order valence-corrected chi connectivity index (χ2v) is 5.55. The van der Waals surface area contributed by atoms with Crippen LogP contribution in [0, 0.1) is 0 Å². The van der Waals surface area contributed by atoms with Crippen molar-refractivity contribution in [2.75, 3.05) is 13.2 Å². The number of carbonyl (C=O) groups is 2. The molecule has 0 N–H and O–H groups in total. The minimum absolute atomic E-state index is 0.0908. The third-order valence-corrected chi connectivity index (χ3v) is 4.16. The summed E-state index contributed by atoms with van der Waals surface area (Å²) in [4.78, 5) is 26.0. The molecule has 1 amide bonds. The number of aromatic nitrogens is 1. The monoisotopic (exact) mass is 292 g/mol. The molecule has 0 aromatic carbocycles. The Morgan fingerprint density at radius 2 is 2.05 bits per heavy atom. The molecule has 1 heterocycles. The van der Waals surface area contributed by atoms with E-state index >= 15 is 0 Å². The maximum absolute atomic E-state index is 12.3. The number of rotatable bonds is 5. The molecule has 1 aromatic heterocycles. The molecule has 0 radical (unpaired) electrons. The quantitative estimate of drug-likeness (QED) is 0.783. The Bertz CT molecular complexity index is 489. The molecule has 1 aliphatic rings. The molecule has 21 heavy (non-hydrogen) atoms. The lowest BCUT2D eigenvalue weighted by Gasteiger charge is -2.33. The van der Waals surface area contributed by atoms with Crippen molar-refractivity contribution in [1.82, 2.24) is 9.47 Å². The van der Waals surface area contributed by atoms with Crippen LogP contribution in [0.4, 0.5) is 0 Å². The summed E-state index contributed by atoms with van der Waals surface area (Å²) >= 11 is 0. The Hall–Kier alpha value is -1.78. The fourth-order valence-electron chi connectivity index (χ4n) is 2.99. The van der Waals surface area contributed by atoms with E-state index in [2.05, 4.69) is 0 Å². The van der Waals surface area contributed by atoms with Crippen molar-refractivity contribution in [2.24, 2.45) is 7.05 Å². The first-order chi connectivity index (χ1) is 10.1. The van der Waals surface area contributed by atoms with Gasteiger partial charge in [-0.3, -0.25) is 4.79 Å². The van der Waals surface area contributed by atoms with Crippen LogP contribution in [0.2, 0.25) is 0 Å². The van der Waals surface area contributed by atoms with Crippen LogP contribution in [0.1, 0.15) is 49.5 Å². The highest BCUT2D eigenvalue weighted by molar-refractivity contribution is 5.90. The van der Waals surface area contributed by atoms with Crippen LogP contribution >= 0.6 is 0 Å². The summed E-state index contributed by atoms with van der Waals surface area (Å²) in [6.45, 7) is 2.48. The molecule has 5 heteroatoms. The van der Waals surface area contributed by atoms with E-state index in [1.54, 1.807) is 29.9 Å². The second-order valence-electron chi connectivity index (χ2n) is 5.55. The number of ether oxygens (including phenoxy) is 1. The van der Waals surface area contributed by atoms with E-state index in [1.165, 1.54) is 19.3 Å². The van der Waals surface area contributed by atoms with Crippen LogP contribution in [-0.4, -0.2) is 40.5 Å². The van der Waals surface area contributed by atoms with E-state index in [1.807, 2.05) is 11.8 Å². The van der Waals surface area contributed by atoms with Gasteiger partial charge < -0.3 is 14.2 Å². The van der Waals surface area contributed by atoms with Crippen LogP contribution in [-0.2, 0) is 16.6 Å². The van der Waals surface area contributed by atoms with Crippen molar-refractivity contribution >= 4 is 11.9 Å². The second kappa shape index (κ2) is 7.29. The minimum atomic E-state index is -0.449. The van der Waals surface area contributed by atoms with E-state index in [-0.39, 0.29) is 12.5 Å². The van der Waals surface area contributed by atoms with Gasteiger partial charge in [0.25, 0.3) is 5.91 Å². The van der Waals surface area contributed by atoms with E-state index < -0.39 is 5.97 Å². The van der Waals surface area contributed by atoms with Crippen molar-refractivity contribution in [1.29, 1.82) is 0 Å². The molecule has 0 aliphatic heterocycles. The molecule has 1 aliphatic carbocycles. The lowest BCUT2D eigenvalue weighted by atomic mass is 9.94. The van der Waals surface area contributed by atoms with E-state index in [4.69, 9.17) is 4.74 Å². The highest BCUT2D eigenvalue weighted by Gasteiger charge is 2.25. The Balaban J connectivity index is 1.87. The Morgan fingerprint density at radius 3 is 2.62 bits per heavy atom. The van der Waals surface area contributed by atoms with Gasteiger partial charge in [0.15, 0.2) is 6.61 Å². The SMILES string of the molecule is CCN(C(=O)COC(=O)c1cccn1C)C1CCCCC1. The van der Waals surface area contributed by atoms with E-state index in [0.717, 1.165) is 12.8 Å². The normalized spacial score (nSPS) is 15.7. The Kier molecular flexibility index (Phi) is 5.42. The zero-order valence-corrected chi connectivity index (χ0v) is 12.9. The number of hydrogen-bond acceptors (Lipinski definition) is 3. The van der Waals surface area contributed by atoms with Crippen LogP contribution in [0.3, 0.4) is 0 Å². The predicted octanol–water partition coefficient (Wildman–Crippen LogP) is 2.36. The summed E-state index contributed by atoms with van der Waals surface area (Å²) in [7, 11) is 1.78. The summed E-state index contributed by atoms with van der Waals surface area (Å²) in [5.41, 5.74) is 0.462. The minimum Gasteiger partial charge on any atom is -0.451 e. The standard InChI is InChI=1S/C16H24N2O3/c1-3-18(13-8-5-4-6-9-13)15(19)12-21-16(20)14-10-7-11-17(14)2/h7,10-11,13H,3-6,8-9,12H2,1-2H3. The third kappa shape index (κ3) is 3.86. The molecule has 0 unspecified atom stereocenters. The summed E-state index contributed by atoms with van der Waals surface area (Å²) in [6.07, 6.45) is 7.51. The number of esters is 1. The van der Waals surface area contributed by atoms with Crippen LogP contribution in [0.25, 0.3) is 0 Å². The molecule has 116 valence electrons. The smallest absolute Gasteiger partial charge is 0.355 e. The molecule has 0 bridgehead atoms. The summed E-state index contributed by atoms with van der Waals surface area (Å²) < 4.78 is 6.84. The number of likely N-dealkylation sites (N-methyl/N-ethyl adjacent to an activating group) is 1. The van der Waals surface area contributed by atoms with Crippen molar-refractivity contribution in [2.45, 2.75) is 45.1 Å². The maximum atomic E-state index is 12.3. The number of amides is 1. The number of carbonyl (C=O) groups excluding carboxylic acids is 2. The van der Waals surface area contributed by atoms with Crippen molar-refractivity contribution in [3.63, 3.8) is 0 Å². The number of aryl methyl sites for hydroxylation is 1. The molecular formula is C16H24N2O3. The average Bonchev–Trinajstić information content (AvgIpc) is 2.93. The average molecular weight is 292 g/mol. The lowest BCUT2D eigenvalue weighted by molar-refractivity contribution is -0.137. The number of nitrogens with zero attached hydrogens (tertiary/aromatic N) is 2. The molecule has 0 spiro atoms. The van der Waals surface area contributed by atoms with Gasteiger partial charge in [-0.25, -0.2) is 4.79 Å². The van der Waals surface area contributed by atoms with Crippen LogP contribution in [0.5, 0.6) is 0 Å². The topological polar surface area (TPSA) is 51.5 Å². The van der Waals surface area contributed by atoms with Gasteiger partial charge >= 0.3 is 5.97 Å². The highest BCUT2D eigenvalue weighted by atomic mass is 16.5. The lowest BCUT2D eigenvalue weighted by Crippen LogP contribution is -2.43. The van der Waals surface area contributed by atoms with Gasteiger partial charge in [0, 0.05) is 25.8 Å². The zero-order valence-electron chi connectivity index (χ0n) is 12.9. The van der Waals surface area contributed by atoms with Gasteiger partial charge in [-0.15, -0.1) is 0 Å². The highest BCUT2D eigenvalue weighted by Crippen LogP contribution is 2.22. The van der Waals surface area contributed by atoms with Gasteiger partial charge in [0.2, 0.25) is 0 Å². The zero-order chi connectivity index (χ0) is 15.2. The summed E-state index contributed by atoms with van der Waals surface area (Å²) in [5.74, 6) is -0.539. The molecular weight excluding hydrogens is 268 g/mol. The first-order valence-electron chi connectivity index (χ1n) is 7.71. The molecule has 0 atom stereocenters. The van der Waals surface area contributed by atoms with Crippen molar-refractivity contribution in [3.05, 3.63) is 24.0 Å². The molecule has 1 saturated carbocycles. The molecule has 5 nitrogen and oxygen atoms in total.